The molecule has 0 amide bonds. The lowest BCUT2D eigenvalue weighted by atomic mass is 10.1. The van der Waals surface area contributed by atoms with Gasteiger partial charge in [0.25, 0.3) is 0 Å². The van der Waals surface area contributed by atoms with E-state index in [1.165, 1.54) is 18.5 Å². The molecular weight excluding hydrogens is 368 g/mol. The molecule has 0 bridgehead atoms. The first-order valence-electron chi connectivity index (χ1n) is 9.22. The van der Waals surface area contributed by atoms with E-state index in [4.69, 9.17) is 9.15 Å². The second-order valence-corrected chi connectivity index (χ2v) is 6.61. The molecule has 6 nitrogen and oxygen atoms in total. The number of aromatic nitrogens is 2. The van der Waals surface area contributed by atoms with Crippen LogP contribution in [0.2, 0.25) is 0 Å². The maximum Gasteiger partial charge on any atom is 0.346 e. The van der Waals surface area contributed by atoms with E-state index < -0.39 is 11.6 Å². The molecule has 4 rings (SSSR count). The maximum atomic E-state index is 12.6. The summed E-state index contributed by atoms with van der Waals surface area (Å²) in [7, 11) is 0. The van der Waals surface area contributed by atoms with Gasteiger partial charge in [-0.3, -0.25) is 0 Å². The van der Waals surface area contributed by atoms with Crippen LogP contribution in [-0.2, 0) is 6.42 Å². The molecule has 0 aliphatic rings. The molecule has 2 heterocycles. The molecule has 0 saturated heterocycles. The van der Waals surface area contributed by atoms with E-state index in [9.17, 15) is 9.59 Å². The Hall–Kier alpha value is -3.80. The quantitative estimate of drug-likeness (QED) is 0.295. The van der Waals surface area contributed by atoms with E-state index in [-0.39, 0.29) is 5.56 Å². The van der Waals surface area contributed by atoms with Crippen molar-refractivity contribution in [1.82, 2.24) is 9.97 Å². The summed E-state index contributed by atoms with van der Waals surface area (Å²) in [4.78, 5) is 32.8. The van der Waals surface area contributed by atoms with Crippen LogP contribution >= 0.6 is 0 Å². The van der Waals surface area contributed by atoms with Crippen molar-refractivity contribution in [3.05, 3.63) is 88.0 Å². The Bertz CT molecular complexity index is 1250. The highest BCUT2D eigenvalue weighted by Gasteiger charge is 2.15. The SMILES string of the molecule is CCc1cc2c(C)cc(=O)oc2cc1OC(=O)c1cnc(-c2ccccc2)nc1. The van der Waals surface area contributed by atoms with Gasteiger partial charge in [0.15, 0.2) is 5.82 Å². The Labute approximate surface area is 166 Å². The van der Waals surface area contributed by atoms with Gasteiger partial charge in [-0.25, -0.2) is 19.6 Å². The number of ether oxygens (including phenoxy) is 1. The zero-order valence-electron chi connectivity index (χ0n) is 16.0. The Balaban J connectivity index is 1.64. The molecule has 29 heavy (non-hydrogen) atoms. The highest BCUT2D eigenvalue weighted by atomic mass is 16.5. The topological polar surface area (TPSA) is 82.3 Å². The monoisotopic (exact) mass is 386 g/mol. The lowest BCUT2D eigenvalue weighted by Crippen LogP contribution is -2.11. The summed E-state index contributed by atoms with van der Waals surface area (Å²) >= 11 is 0. The van der Waals surface area contributed by atoms with E-state index in [1.54, 1.807) is 6.07 Å². The number of aryl methyl sites for hydroxylation is 2. The van der Waals surface area contributed by atoms with Crippen molar-refractivity contribution in [3.63, 3.8) is 0 Å². The van der Waals surface area contributed by atoms with Crippen LogP contribution in [0.1, 0.15) is 28.4 Å². The number of nitrogens with zero attached hydrogens (tertiary/aromatic N) is 2. The number of hydrogen-bond donors (Lipinski definition) is 0. The van der Waals surface area contributed by atoms with Crippen molar-refractivity contribution < 1.29 is 13.9 Å². The second kappa shape index (κ2) is 7.67. The van der Waals surface area contributed by atoms with Crippen LogP contribution in [0.5, 0.6) is 5.75 Å². The number of rotatable bonds is 4. The van der Waals surface area contributed by atoms with Gasteiger partial charge >= 0.3 is 11.6 Å². The van der Waals surface area contributed by atoms with Gasteiger partial charge in [-0.2, -0.15) is 0 Å². The van der Waals surface area contributed by atoms with Crippen molar-refractivity contribution >= 4 is 16.9 Å². The molecule has 0 N–H and O–H groups in total. The van der Waals surface area contributed by atoms with Gasteiger partial charge in [-0.15, -0.1) is 0 Å². The highest BCUT2D eigenvalue weighted by molar-refractivity contribution is 5.92. The molecule has 0 saturated carbocycles. The molecule has 2 aromatic heterocycles. The van der Waals surface area contributed by atoms with Gasteiger partial charge in [-0.1, -0.05) is 37.3 Å². The van der Waals surface area contributed by atoms with Crippen molar-refractivity contribution in [2.24, 2.45) is 0 Å². The smallest absolute Gasteiger partial charge is 0.346 e. The standard InChI is InChI=1S/C23H18N2O4/c1-3-15-10-18-14(2)9-21(26)28-20(18)11-19(15)29-23(27)17-12-24-22(25-13-17)16-7-5-4-6-8-16/h4-13H,3H2,1-2H3. The predicted octanol–water partition coefficient (Wildman–Crippen LogP) is 4.34. The molecule has 0 spiro atoms. The van der Waals surface area contributed by atoms with Crippen LogP contribution in [-0.4, -0.2) is 15.9 Å². The van der Waals surface area contributed by atoms with E-state index in [1.807, 2.05) is 50.2 Å². The van der Waals surface area contributed by atoms with Gasteiger partial charge in [0.2, 0.25) is 0 Å². The van der Waals surface area contributed by atoms with Gasteiger partial charge in [0, 0.05) is 35.5 Å². The number of carbonyl (C=O) groups excluding carboxylic acids is 1. The largest absolute Gasteiger partial charge is 0.423 e. The molecular formula is C23H18N2O4. The first-order valence-corrected chi connectivity index (χ1v) is 9.22. The number of hydrogen-bond acceptors (Lipinski definition) is 6. The van der Waals surface area contributed by atoms with Crippen LogP contribution in [0.15, 0.2) is 70.1 Å². The summed E-state index contributed by atoms with van der Waals surface area (Å²) in [6.07, 6.45) is 3.53. The number of benzene rings is 2. The van der Waals surface area contributed by atoms with E-state index >= 15 is 0 Å². The molecule has 0 aliphatic carbocycles. The lowest BCUT2D eigenvalue weighted by Gasteiger charge is -2.11. The zero-order chi connectivity index (χ0) is 20.4. The molecule has 2 aromatic carbocycles. The molecule has 0 fully saturated rings. The average Bonchev–Trinajstić information content (AvgIpc) is 2.74. The summed E-state index contributed by atoms with van der Waals surface area (Å²) in [5.41, 5.74) is 2.68. The summed E-state index contributed by atoms with van der Waals surface area (Å²) < 4.78 is 10.8. The fourth-order valence-electron chi connectivity index (χ4n) is 3.09. The third kappa shape index (κ3) is 3.78. The minimum Gasteiger partial charge on any atom is -0.423 e. The molecule has 0 aliphatic heterocycles. The average molecular weight is 386 g/mol. The van der Waals surface area contributed by atoms with Crippen LogP contribution in [0.4, 0.5) is 0 Å². The predicted molar refractivity (Wildman–Crippen MR) is 109 cm³/mol. The van der Waals surface area contributed by atoms with Crippen molar-refractivity contribution in [3.8, 4) is 17.1 Å². The molecule has 0 atom stereocenters. The molecule has 0 unspecified atom stereocenters. The van der Waals surface area contributed by atoms with Crippen molar-refractivity contribution in [2.45, 2.75) is 20.3 Å². The highest BCUT2D eigenvalue weighted by Crippen LogP contribution is 2.28. The zero-order valence-corrected chi connectivity index (χ0v) is 16.0. The van der Waals surface area contributed by atoms with Crippen molar-refractivity contribution in [1.29, 1.82) is 0 Å². The van der Waals surface area contributed by atoms with Gasteiger partial charge in [0.1, 0.15) is 11.3 Å². The second-order valence-electron chi connectivity index (χ2n) is 6.61. The Morgan fingerprint density at radius 1 is 1.07 bits per heavy atom. The Kier molecular flexibility index (Phi) is 4.91. The van der Waals surface area contributed by atoms with Gasteiger partial charge in [-0.05, 0) is 30.5 Å². The minimum atomic E-state index is -0.575. The molecule has 4 aromatic rings. The fraction of sp³-hybridized carbons (Fsp3) is 0.130. The van der Waals surface area contributed by atoms with Crippen LogP contribution in [0.25, 0.3) is 22.4 Å². The van der Waals surface area contributed by atoms with Crippen LogP contribution in [0.3, 0.4) is 0 Å². The molecule has 0 radical (unpaired) electrons. The Morgan fingerprint density at radius 2 is 1.79 bits per heavy atom. The first-order chi connectivity index (χ1) is 14.0. The lowest BCUT2D eigenvalue weighted by molar-refractivity contribution is 0.0732. The van der Waals surface area contributed by atoms with Crippen LogP contribution < -0.4 is 10.4 Å². The van der Waals surface area contributed by atoms with Gasteiger partial charge in [0.05, 0.1) is 5.56 Å². The number of carbonyl (C=O) groups is 1. The number of esters is 1. The summed E-state index contributed by atoms with van der Waals surface area (Å²) in [6.45, 7) is 3.81. The summed E-state index contributed by atoms with van der Waals surface area (Å²) in [5, 5.41) is 0.816. The first kappa shape index (κ1) is 18.6. The summed E-state index contributed by atoms with van der Waals surface area (Å²) in [6, 6.07) is 14.4. The van der Waals surface area contributed by atoms with Crippen LogP contribution in [0, 0.1) is 6.92 Å². The maximum absolute atomic E-state index is 12.6. The van der Waals surface area contributed by atoms with E-state index in [2.05, 4.69) is 9.97 Å². The van der Waals surface area contributed by atoms with Gasteiger partial charge < -0.3 is 9.15 Å². The Morgan fingerprint density at radius 3 is 2.48 bits per heavy atom. The minimum absolute atomic E-state index is 0.234. The normalized spacial score (nSPS) is 10.8. The third-order valence-electron chi connectivity index (χ3n) is 4.64. The van der Waals surface area contributed by atoms with E-state index in [0.29, 0.717) is 23.6 Å². The van der Waals surface area contributed by atoms with E-state index in [0.717, 1.165) is 22.1 Å². The third-order valence-corrected chi connectivity index (χ3v) is 4.64. The summed E-state index contributed by atoms with van der Waals surface area (Å²) in [5.74, 6) is 0.305. The molecule has 6 heteroatoms. The molecule has 144 valence electrons. The number of fused-ring (bicyclic) bond motifs is 1. The fourth-order valence-corrected chi connectivity index (χ4v) is 3.09. The van der Waals surface area contributed by atoms with Crippen molar-refractivity contribution in [2.75, 3.05) is 0 Å².